The predicted octanol–water partition coefficient (Wildman–Crippen LogP) is 4.03. The predicted molar refractivity (Wildman–Crippen MR) is 75.5 cm³/mol. The van der Waals surface area contributed by atoms with E-state index in [2.05, 4.69) is 9.55 Å². The Labute approximate surface area is 117 Å². The molecule has 5 heteroatoms. The smallest absolute Gasteiger partial charge is 0.127 e. The standard InChI is InChI=1S/C13H16Cl2N2O/c1-3-18-7-6-17-12-8-10(15)4-5-11(12)16-13(17)9(2)14/h4-5,8-9H,3,6-7H2,1-2H3. The molecule has 0 bridgehead atoms. The van der Waals surface area contributed by atoms with Crippen LogP contribution in [0.5, 0.6) is 0 Å². The summed E-state index contributed by atoms with van der Waals surface area (Å²) in [5.74, 6) is 0.855. The SMILES string of the molecule is CCOCCn1c(C(C)Cl)nc2ccc(Cl)cc21. The topological polar surface area (TPSA) is 27.1 Å². The third kappa shape index (κ3) is 2.79. The number of aromatic nitrogens is 2. The third-order valence-electron chi connectivity index (χ3n) is 2.76. The number of halogens is 2. The lowest BCUT2D eigenvalue weighted by Gasteiger charge is -2.10. The first kappa shape index (κ1) is 13.7. The van der Waals surface area contributed by atoms with E-state index in [1.54, 1.807) is 0 Å². The van der Waals surface area contributed by atoms with Gasteiger partial charge in [-0.1, -0.05) is 11.6 Å². The Kier molecular flexibility index (Phi) is 4.49. The average molecular weight is 287 g/mol. The van der Waals surface area contributed by atoms with Crippen LogP contribution in [0.3, 0.4) is 0 Å². The Balaban J connectivity index is 2.43. The first-order chi connectivity index (χ1) is 8.63. The van der Waals surface area contributed by atoms with Gasteiger partial charge >= 0.3 is 0 Å². The minimum atomic E-state index is -0.141. The number of fused-ring (bicyclic) bond motifs is 1. The van der Waals surface area contributed by atoms with Gasteiger partial charge in [-0.3, -0.25) is 0 Å². The molecule has 0 spiro atoms. The molecule has 98 valence electrons. The minimum Gasteiger partial charge on any atom is -0.380 e. The van der Waals surface area contributed by atoms with E-state index in [1.165, 1.54) is 0 Å². The minimum absolute atomic E-state index is 0.141. The number of imidazole rings is 1. The van der Waals surface area contributed by atoms with Crippen molar-refractivity contribution in [2.24, 2.45) is 0 Å². The van der Waals surface area contributed by atoms with Crippen molar-refractivity contribution in [2.45, 2.75) is 25.8 Å². The zero-order chi connectivity index (χ0) is 13.1. The molecular formula is C13H16Cl2N2O. The van der Waals surface area contributed by atoms with Crippen LogP contribution in [0.25, 0.3) is 11.0 Å². The van der Waals surface area contributed by atoms with Crippen LogP contribution in [0.15, 0.2) is 18.2 Å². The van der Waals surface area contributed by atoms with Gasteiger partial charge in [0.25, 0.3) is 0 Å². The van der Waals surface area contributed by atoms with Gasteiger partial charge in [-0.25, -0.2) is 4.98 Å². The fourth-order valence-corrected chi connectivity index (χ4v) is 2.29. The van der Waals surface area contributed by atoms with E-state index in [-0.39, 0.29) is 5.38 Å². The maximum Gasteiger partial charge on any atom is 0.127 e. The molecule has 1 heterocycles. The van der Waals surface area contributed by atoms with Crippen LogP contribution in [0.4, 0.5) is 0 Å². The molecule has 0 fully saturated rings. The maximum absolute atomic E-state index is 6.18. The van der Waals surface area contributed by atoms with Crippen LogP contribution in [0, 0.1) is 0 Å². The highest BCUT2D eigenvalue weighted by molar-refractivity contribution is 6.31. The summed E-state index contributed by atoms with van der Waals surface area (Å²) in [6.07, 6.45) is 0. The van der Waals surface area contributed by atoms with E-state index in [9.17, 15) is 0 Å². The lowest BCUT2D eigenvalue weighted by atomic mass is 10.3. The first-order valence-electron chi connectivity index (χ1n) is 6.01. The molecule has 3 nitrogen and oxygen atoms in total. The normalized spacial score (nSPS) is 13.1. The Hall–Kier alpha value is -0.770. The quantitative estimate of drug-likeness (QED) is 0.613. The highest BCUT2D eigenvalue weighted by Crippen LogP contribution is 2.26. The molecule has 18 heavy (non-hydrogen) atoms. The second kappa shape index (κ2) is 5.91. The molecule has 0 N–H and O–H groups in total. The summed E-state index contributed by atoms with van der Waals surface area (Å²) in [6, 6.07) is 5.67. The van der Waals surface area contributed by atoms with Gasteiger partial charge in [0.15, 0.2) is 0 Å². The molecule has 1 atom stereocenters. The zero-order valence-corrected chi connectivity index (χ0v) is 12.0. The van der Waals surface area contributed by atoms with Crippen LogP contribution >= 0.6 is 23.2 Å². The van der Waals surface area contributed by atoms with E-state index < -0.39 is 0 Å². The Morgan fingerprint density at radius 2 is 2.22 bits per heavy atom. The molecule has 0 aliphatic rings. The van der Waals surface area contributed by atoms with Gasteiger partial charge in [0.05, 0.1) is 23.0 Å². The van der Waals surface area contributed by atoms with Crippen molar-refractivity contribution in [1.82, 2.24) is 9.55 Å². The maximum atomic E-state index is 6.18. The van der Waals surface area contributed by atoms with E-state index >= 15 is 0 Å². The number of alkyl halides is 1. The number of benzene rings is 1. The summed E-state index contributed by atoms with van der Waals surface area (Å²) < 4.78 is 7.47. The number of hydrogen-bond acceptors (Lipinski definition) is 2. The summed E-state index contributed by atoms with van der Waals surface area (Å²) >= 11 is 12.2. The average Bonchev–Trinajstić information content (AvgIpc) is 2.68. The molecule has 0 aliphatic heterocycles. The van der Waals surface area contributed by atoms with Crippen molar-refractivity contribution in [3.05, 3.63) is 29.0 Å². The van der Waals surface area contributed by atoms with Crippen molar-refractivity contribution in [1.29, 1.82) is 0 Å². The van der Waals surface area contributed by atoms with E-state index in [0.717, 1.165) is 23.4 Å². The van der Waals surface area contributed by atoms with Gasteiger partial charge in [0.1, 0.15) is 5.82 Å². The summed E-state index contributed by atoms with van der Waals surface area (Å²) in [5, 5.41) is 0.562. The summed E-state index contributed by atoms with van der Waals surface area (Å²) in [5.41, 5.74) is 1.92. The van der Waals surface area contributed by atoms with Crippen molar-refractivity contribution in [2.75, 3.05) is 13.2 Å². The van der Waals surface area contributed by atoms with Crippen molar-refractivity contribution in [3.8, 4) is 0 Å². The Bertz CT molecular complexity index is 537. The van der Waals surface area contributed by atoms with Gasteiger partial charge in [-0.2, -0.15) is 0 Å². The van der Waals surface area contributed by atoms with Gasteiger partial charge in [0.2, 0.25) is 0 Å². The van der Waals surface area contributed by atoms with Crippen LogP contribution in [0.2, 0.25) is 5.02 Å². The van der Waals surface area contributed by atoms with Gasteiger partial charge in [-0.05, 0) is 32.0 Å². The van der Waals surface area contributed by atoms with Crippen LogP contribution in [-0.4, -0.2) is 22.8 Å². The summed E-state index contributed by atoms with van der Waals surface area (Å²) in [6.45, 7) is 5.98. The largest absolute Gasteiger partial charge is 0.380 e. The van der Waals surface area contributed by atoms with Crippen LogP contribution in [-0.2, 0) is 11.3 Å². The van der Waals surface area contributed by atoms with Crippen LogP contribution < -0.4 is 0 Å². The number of ether oxygens (including phenoxy) is 1. The van der Waals surface area contributed by atoms with E-state index in [0.29, 0.717) is 18.2 Å². The highest BCUT2D eigenvalue weighted by Gasteiger charge is 2.14. The molecule has 0 saturated heterocycles. The Morgan fingerprint density at radius 3 is 2.89 bits per heavy atom. The molecule has 2 rings (SSSR count). The van der Waals surface area contributed by atoms with Gasteiger partial charge in [0, 0.05) is 18.2 Å². The highest BCUT2D eigenvalue weighted by atomic mass is 35.5. The molecule has 0 amide bonds. The van der Waals surface area contributed by atoms with Gasteiger partial charge < -0.3 is 9.30 Å². The summed E-state index contributed by atoms with van der Waals surface area (Å²) in [7, 11) is 0. The number of nitrogens with zero attached hydrogens (tertiary/aromatic N) is 2. The zero-order valence-electron chi connectivity index (χ0n) is 10.5. The monoisotopic (exact) mass is 286 g/mol. The molecule has 0 saturated carbocycles. The van der Waals surface area contributed by atoms with Crippen molar-refractivity contribution >= 4 is 34.2 Å². The lowest BCUT2D eigenvalue weighted by molar-refractivity contribution is 0.139. The van der Waals surface area contributed by atoms with Crippen LogP contribution in [0.1, 0.15) is 25.0 Å². The lowest BCUT2D eigenvalue weighted by Crippen LogP contribution is -2.09. The molecule has 0 radical (unpaired) electrons. The van der Waals surface area contributed by atoms with Gasteiger partial charge in [-0.15, -0.1) is 11.6 Å². The fraction of sp³-hybridized carbons (Fsp3) is 0.462. The van der Waals surface area contributed by atoms with Crippen molar-refractivity contribution in [3.63, 3.8) is 0 Å². The van der Waals surface area contributed by atoms with E-state index in [1.807, 2.05) is 32.0 Å². The van der Waals surface area contributed by atoms with Crippen molar-refractivity contribution < 1.29 is 4.74 Å². The number of hydrogen-bond donors (Lipinski definition) is 0. The van der Waals surface area contributed by atoms with E-state index in [4.69, 9.17) is 27.9 Å². The fourth-order valence-electron chi connectivity index (χ4n) is 1.95. The number of rotatable bonds is 5. The molecule has 2 aromatic rings. The molecule has 1 unspecified atom stereocenters. The Morgan fingerprint density at radius 1 is 1.44 bits per heavy atom. The second-order valence-electron chi connectivity index (χ2n) is 4.07. The molecular weight excluding hydrogens is 271 g/mol. The molecule has 1 aromatic carbocycles. The second-order valence-corrected chi connectivity index (χ2v) is 5.16. The molecule has 0 aliphatic carbocycles. The summed E-state index contributed by atoms with van der Waals surface area (Å²) in [4.78, 5) is 4.55. The third-order valence-corrected chi connectivity index (χ3v) is 3.19. The first-order valence-corrected chi connectivity index (χ1v) is 6.82. The molecule has 1 aromatic heterocycles.